The summed E-state index contributed by atoms with van der Waals surface area (Å²) >= 11 is 0. The van der Waals surface area contributed by atoms with Crippen LogP contribution in [0.15, 0.2) is 0 Å². The Bertz CT molecular complexity index is 337. The number of piperidine rings is 1. The van der Waals surface area contributed by atoms with E-state index in [9.17, 15) is 5.26 Å². The van der Waals surface area contributed by atoms with Crippen molar-refractivity contribution in [1.29, 1.82) is 5.26 Å². The smallest absolute Gasteiger partial charge is 0.104 e. The van der Waals surface area contributed by atoms with Crippen molar-refractivity contribution in [1.82, 2.24) is 10.2 Å². The third-order valence-electron chi connectivity index (χ3n) is 4.54. The molecule has 4 heteroatoms. The molecule has 0 spiro atoms. The van der Waals surface area contributed by atoms with Crippen molar-refractivity contribution < 1.29 is 4.74 Å². The molecule has 1 aliphatic heterocycles. The Morgan fingerprint density at radius 2 is 2.15 bits per heavy atom. The Morgan fingerprint density at radius 1 is 1.35 bits per heavy atom. The first kappa shape index (κ1) is 15.8. The molecule has 1 saturated heterocycles. The predicted molar refractivity (Wildman–Crippen MR) is 80.5 cm³/mol. The zero-order valence-electron chi connectivity index (χ0n) is 13.0. The van der Waals surface area contributed by atoms with E-state index in [0.29, 0.717) is 12.1 Å². The molecule has 2 unspecified atom stereocenters. The molecule has 1 N–H and O–H groups in total. The fourth-order valence-electron chi connectivity index (χ4n) is 3.06. The van der Waals surface area contributed by atoms with Gasteiger partial charge in [0, 0.05) is 19.7 Å². The van der Waals surface area contributed by atoms with E-state index >= 15 is 0 Å². The molecule has 4 nitrogen and oxygen atoms in total. The minimum Gasteiger partial charge on any atom is -0.380 e. The van der Waals surface area contributed by atoms with Crippen molar-refractivity contribution in [3.63, 3.8) is 0 Å². The van der Waals surface area contributed by atoms with Gasteiger partial charge in [-0.1, -0.05) is 0 Å². The molecule has 0 aromatic heterocycles. The second-order valence-electron chi connectivity index (χ2n) is 6.62. The van der Waals surface area contributed by atoms with Gasteiger partial charge < -0.3 is 9.64 Å². The molecule has 2 rings (SSSR count). The number of unbranched alkanes of at least 4 members (excludes halogenated alkanes) is 1. The van der Waals surface area contributed by atoms with Gasteiger partial charge in [-0.15, -0.1) is 0 Å². The topological polar surface area (TPSA) is 48.3 Å². The molecule has 2 fully saturated rings. The normalized spacial score (nSPS) is 26.9. The zero-order valence-corrected chi connectivity index (χ0v) is 13.0. The largest absolute Gasteiger partial charge is 0.380 e. The second-order valence-corrected chi connectivity index (χ2v) is 6.62. The van der Waals surface area contributed by atoms with Crippen LogP contribution in [0.5, 0.6) is 0 Å². The van der Waals surface area contributed by atoms with Gasteiger partial charge in [-0.2, -0.15) is 5.26 Å². The van der Waals surface area contributed by atoms with E-state index in [1.54, 1.807) is 0 Å². The fraction of sp³-hybridized carbons (Fsp3) is 0.938. The summed E-state index contributed by atoms with van der Waals surface area (Å²) in [7, 11) is 1.82. The Labute approximate surface area is 123 Å². The molecule has 0 aromatic rings. The lowest BCUT2D eigenvalue weighted by molar-refractivity contribution is 0.0307. The Morgan fingerprint density at radius 3 is 2.80 bits per heavy atom. The molecule has 1 aliphatic carbocycles. The summed E-state index contributed by atoms with van der Waals surface area (Å²) in [6.07, 6.45) is 8.61. The fourth-order valence-corrected chi connectivity index (χ4v) is 3.06. The van der Waals surface area contributed by atoms with Crippen molar-refractivity contribution in [3.05, 3.63) is 0 Å². The van der Waals surface area contributed by atoms with Crippen LogP contribution in [0.25, 0.3) is 0 Å². The molecule has 0 amide bonds. The van der Waals surface area contributed by atoms with E-state index in [-0.39, 0.29) is 5.54 Å². The van der Waals surface area contributed by atoms with E-state index in [1.165, 1.54) is 38.6 Å². The van der Waals surface area contributed by atoms with Gasteiger partial charge in [0.25, 0.3) is 0 Å². The minimum atomic E-state index is -0.321. The van der Waals surface area contributed by atoms with Gasteiger partial charge in [-0.25, -0.2) is 0 Å². The highest BCUT2D eigenvalue weighted by Crippen LogP contribution is 2.25. The van der Waals surface area contributed by atoms with E-state index in [2.05, 4.69) is 16.3 Å². The van der Waals surface area contributed by atoms with Crippen molar-refractivity contribution >= 4 is 0 Å². The van der Waals surface area contributed by atoms with Crippen molar-refractivity contribution in [2.75, 3.05) is 26.7 Å². The number of nitrogens with zero attached hydrogens (tertiary/aromatic N) is 2. The SMILES string of the molecule is COC1CCCN(CCCCC(C)(C#N)NC2CC2)C1. The molecular weight excluding hydrogens is 250 g/mol. The molecule has 0 radical (unpaired) electrons. The molecule has 1 saturated carbocycles. The summed E-state index contributed by atoms with van der Waals surface area (Å²) in [5, 5.41) is 12.8. The second kappa shape index (κ2) is 7.40. The molecule has 2 atom stereocenters. The number of nitriles is 1. The zero-order chi connectivity index (χ0) is 14.4. The van der Waals surface area contributed by atoms with Gasteiger partial charge in [-0.05, 0) is 65.0 Å². The van der Waals surface area contributed by atoms with Crippen LogP contribution in [0.2, 0.25) is 0 Å². The summed E-state index contributed by atoms with van der Waals surface area (Å²) < 4.78 is 5.46. The third kappa shape index (κ3) is 5.05. The van der Waals surface area contributed by atoms with Crippen LogP contribution < -0.4 is 5.32 Å². The lowest BCUT2D eigenvalue weighted by Crippen LogP contribution is -2.42. The van der Waals surface area contributed by atoms with Crippen molar-refractivity contribution in [2.45, 2.75) is 69.6 Å². The standard InChI is InChI=1S/C16H29N3O/c1-16(13-17,18-14-7-8-14)9-3-4-10-19-11-5-6-15(12-19)20-2/h14-15,18H,3-12H2,1-2H3. The van der Waals surface area contributed by atoms with E-state index in [1.807, 2.05) is 14.0 Å². The van der Waals surface area contributed by atoms with E-state index < -0.39 is 0 Å². The number of rotatable bonds is 8. The van der Waals surface area contributed by atoms with Crippen LogP contribution in [0.3, 0.4) is 0 Å². The lowest BCUT2D eigenvalue weighted by atomic mass is 9.96. The third-order valence-corrected chi connectivity index (χ3v) is 4.54. The van der Waals surface area contributed by atoms with Gasteiger partial charge >= 0.3 is 0 Å². The number of likely N-dealkylation sites (tertiary alicyclic amines) is 1. The van der Waals surface area contributed by atoms with Crippen LogP contribution in [0, 0.1) is 11.3 Å². The van der Waals surface area contributed by atoms with Crippen LogP contribution in [0.1, 0.15) is 51.9 Å². The monoisotopic (exact) mass is 279 g/mol. The van der Waals surface area contributed by atoms with Crippen LogP contribution >= 0.6 is 0 Å². The summed E-state index contributed by atoms with van der Waals surface area (Å²) in [5.41, 5.74) is -0.321. The van der Waals surface area contributed by atoms with Crippen molar-refractivity contribution in [2.24, 2.45) is 0 Å². The minimum absolute atomic E-state index is 0.321. The number of methoxy groups -OCH3 is 1. The molecule has 0 bridgehead atoms. The summed E-state index contributed by atoms with van der Waals surface area (Å²) in [5.74, 6) is 0. The maximum Gasteiger partial charge on any atom is 0.104 e. The molecule has 1 heterocycles. The number of hydrogen-bond donors (Lipinski definition) is 1. The van der Waals surface area contributed by atoms with Gasteiger partial charge in [0.2, 0.25) is 0 Å². The Balaban J connectivity index is 1.61. The lowest BCUT2D eigenvalue weighted by Gasteiger charge is -2.32. The van der Waals surface area contributed by atoms with Crippen molar-refractivity contribution in [3.8, 4) is 6.07 Å². The quantitative estimate of drug-likeness (QED) is 0.693. The summed E-state index contributed by atoms with van der Waals surface area (Å²) in [6.45, 7) is 5.47. The predicted octanol–water partition coefficient (Wildman–Crippen LogP) is 2.30. The average Bonchev–Trinajstić information content (AvgIpc) is 3.28. The first-order valence-corrected chi connectivity index (χ1v) is 8.09. The highest BCUT2D eigenvalue weighted by molar-refractivity contribution is 5.06. The number of nitrogens with one attached hydrogen (secondary N) is 1. The summed E-state index contributed by atoms with van der Waals surface area (Å²) in [4.78, 5) is 2.51. The molecule has 20 heavy (non-hydrogen) atoms. The molecule has 114 valence electrons. The van der Waals surface area contributed by atoms with Gasteiger partial charge in [0.05, 0.1) is 12.2 Å². The highest BCUT2D eigenvalue weighted by atomic mass is 16.5. The number of hydrogen-bond acceptors (Lipinski definition) is 4. The molecule has 0 aromatic carbocycles. The maximum absolute atomic E-state index is 9.34. The van der Waals surface area contributed by atoms with Gasteiger partial charge in [0.15, 0.2) is 0 Å². The van der Waals surface area contributed by atoms with Gasteiger partial charge in [0.1, 0.15) is 5.54 Å². The van der Waals surface area contributed by atoms with Crippen LogP contribution in [-0.2, 0) is 4.74 Å². The maximum atomic E-state index is 9.34. The first-order valence-electron chi connectivity index (χ1n) is 8.09. The van der Waals surface area contributed by atoms with E-state index in [0.717, 1.165) is 25.9 Å². The molecule has 2 aliphatic rings. The Kier molecular flexibility index (Phi) is 5.83. The number of ether oxygens (including phenoxy) is 1. The van der Waals surface area contributed by atoms with Crippen LogP contribution in [-0.4, -0.2) is 49.3 Å². The Hall–Kier alpha value is -0.630. The molecular formula is C16H29N3O. The summed E-state index contributed by atoms with van der Waals surface area (Å²) in [6, 6.07) is 3.06. The average molecular weight is 279 g/mol. The van der Waals surface area contributed by atoms with E-state index in [4.69, 9.17) is 4.74 Å². The van der Waals surface area contributed by atoms with Gasteiger partial charge in [-0.3, -0.25) is 5.32 Å². The van der Waals surface area contributed by atoms with Crippen LogP contribution in [0.4, 0.5) is 0 Å². The highest BCUT2D eigenvalue weighted by Gasteiger charge is 2.32. The first-order chi connectivity index (χ1) is 9.65.